The zero-order valence-corrected chi connectivity index (χ0v) is 20.4. The number of aromatic nitrogens is 1. The Balaban J connectivity index is 1.43. The van der Waals surface area contributed by atoms with Crippen LogP contribution in [0, 0.1) is 0 Å². The molecule has 2 aromatic carbocycles. The zero-order valence-electron chi connectivity index (χ0n) is 19.7. The minimum Gasteiger partial charge on any atom is -0.486 e. The maximum Gasteiger partial charge on any atom is 0.322 e. The average molecular weight is 497 g/mol. The van der Waals surface area contributed by atoms with Crippen LogP contribution >= 0.6 is 11.6 Å². The van der Waals surface area contributed by atoms with E-state index in [2.05, 4.69) is 22.1 Å². The van der Waals surface area contributed by atoms with Crippen molar-refractivity contribution >= 4 is 34.2 Å². The number of carbonyl (C=O) groups excluding carboxylic acids is 1. The summed E-state index contributed by atoms with van der Waals surface area (Å²) in [7, 11) is 0. The van der Waals surface area contributed by atoms with Crippen molar-refractivity contribution in [3.8, 4) is 11.5 Å². The van der Waals surface area contributed by atoms with Gasteiger partial charge in [-0.1, -0.05) is 18.5 Å². The lowest BCUT2D eigenvalue weighted by Crippen LogP contribution is -2.45. The number of amides is 2. The number of fused-ring (bicyclic) bond motifs is 2. The van der Waals surface area contributed by atoms with E-state index in [9.17, 15) is 9.59 Å². The molecule has 5 rings (SSSR count). The van der Waals surface area contributed by atoms with Gasteiger partial charge in [0.05, 0.1) is 12.1 Å². The second-order valence-corrected chi connectivity index (χ2v) is 9.39. The Morgan fingerprint density at radius 2 is 1.91 bits per heavy atom. The molecule has 1 saturated heterocycles. The number of urea groups is 1. The number of carbonyl (C=O) groups is 1. The first-order valence-electron chi connectivity index (χ1n) is 12.0. The summed E-state index contributed by atoms with van der Waals surface area (Å²) >= 11 is 5.99. The summed E-state index contributed by atoms with van der Waals surface area (Å²) < 4.78 is 11.3. The molecule has 3 heterocycles. The number of hydrogen-bond acceptors (Lipinski definition) is 5. The van der Waals surface area contributed by atoms with Gasteiger partial charge in [-0.05, 0) is 62.3 Å². The number of ether oxygens (including phenoxy) is 2. The van der Waals surface area contributed by atoms with Crippen molar-refractivity contribution in [2.24, 2.45) is 0 Å². The third kappa shape index (κ3) is 5.23. The zero-order chi connectivity index (χ0) is 24.4. The molecule has 184 valence electrons. The van der Waals surface area contributed by atoms with Crippen LogP contribution in [0.3, 0.4) is 0 Å². The molecule has 2 aliphatic rings. The van der Waals surface area contributed by atoms with E-state index in [1.54, 1.807) is 35.2 Å². The molecule has 1 fully saturated rings. The van der Waals surface area contributed by atoms with E-state index in [-0.39, 0.29) is 24.2 Å². The average Bonchev–Trinajstić information content (AvgIpc) is 3.31. The summed E-state index contributed by atoms with van der Waals surface area (Å²) in [5.74, 6) is 1.28. The fraction of sp³-hybridized carbons (Fsp3) is 0.385. The summed E-state index contributed by atoms with van der Waals surface area (Å²) in [6.07, 6.45) is 2.13. The number of halogens is 1. The molecule has 9 heteroatoms. The smallest absolute Gasteiger partial charge is 0.322 e. The van der Waals surface area contributed by atoms with Crippen molar-refractivity contribution in [2.75, 3.05) is 38.2 Å². The van der Waals surface area contributed by atoms with Crippen molar-refractivity contribution in [1.82, 2.24) is 14.8 Å². The summed E-state index contributed by atoms with van der Waals surface area (Å²) in [4.78, 5) is 33.4. The Kier molecular flexibility index (Phi) is 6.83. The maximum atomic E-state index is 13.4. The van der Waals surface area contributed by atoms with Crippen LogP contribution < -0.4 is 20.3 Å². The topological polar surface area (TPSA) is 86.9 Å². The van der Waals surface area contributed by atoms with E-state index in [4.69, 9.17) is 21.1 Å². The van der Waals surface area contributed by atoms with Gasteiger partial charge in [0.25, 0.3) is 5.56 Å². The van der Waals surface area contributed by atoms with E-state index in [0.717, 1.165) is 31.3 Å². The van der Waals surface area contributed by atoms with Crippen LogP contribution in [-0.4, -0.2) is 59.7 Å². The number of likely N-dealkylation sites (tertiary alicyclic amines) is 1. The van der Waals surface area contributed by atoms with Gasteiger partial charge >= 0.3 is 6.03 Å². The SMILES string of the molecule is CCN1CCCC1CN(Cc1cc2cc3c(cc2[nH]c1=O)OCCO3)C(=O)Nc1ccc(Cl)cc1. The number of nitrogens with one attached hydrogen (secondary N) is 2. The summed E-state index contributed by atoms with van der Waals surface area (Å²) in [5, 5.41) is 4.39. The van der Waals surface area contributed by atoms with E-state index in [1.165, 1.54) is 0 Å². The second kappa shape index (κ2) is 10.2. The van der Waals surface area contributed by atoms with Crippen molar-refractivity contribution in [3.63, 3.8) is 0 Å². The number of likely N-dealkylation sites (N-methyl/N-ethyl adjacent to an activating group) is 1. The molecule has 0 bridgehead atoms. The lowest BCUT2D eigenvalue weighted by Gasteiger charge is -2.30. The van der Waals surface area contributed by atoms with Gasteiger partial charge in [0.1, 0.15) is 13.2 Å². The highest BCUT2D eigenvalue weighted by atomic mass is 35.5. The van der Waals surface area contributed by atoms with Gasteiger partial charge in [-0.3, -0.25) is 9.69 Å². The molecule has 2 amide bonds. The molecule has 0 saturated carbocycles. The Morgan fingerprint density at radius 1 is 1.17 bits per heavy atom. The first-order valence-corrected chi connectivity index (χ1v) is 12.4. The van der Waals surface area contributed by atoms with Crippen LogP contribution in [0.4, 0.5) is 10.5 Å². The lowest BCUT2D eigenvalue weighted by molar-refractivity contribution is 0.172. The first-order chi connectivity index (χ1) is 17.0. The highest BCUT2D eigenvalue weighted by Gasteiger charge is 2.28. The van der Waals surface area contributed by atoms with Crippen LogP contribution in [0.5, 0.6) is 11.5 Å². The molecule has 2 aliphatic heterocycles. The van der Waals surface area contributed by atoms with Crippen molar-refractivity contribution in [3.05, 3.63) is 63.4 Å². The predicted molar refractivity (Wildman–Crippen MR) is 137 cm³/mol. The normalized spacial score (nSPS) is 17.5. The van der Waals surface area contributed by atoms with E-state index < -0.39 is 0 Å². The van der Waals surface area contributed by atoms with Crippen molar-refractivity contribution in [2.45, 2.75) is 32.4 Å². The van der Waals surface area contributed by atoms with Crippen LogP contribution in [0.1, 0.15) is 25.3 Å². The molecular weight excluding hydrogens is 468 g/mol. The van der Waals surface area contributed by atoms with Crippen molar-refractivity contribution in [1.29, 1.82) is 0 Å². The quantitative estimate of drug-likeness (QED) is 0.525. The van der Waals surface area contributed by atoms with E-state index >= 15 is 0 Å². The minimum absolute atomic E-state index is 0.188. The highest BCUT2D eigenvalue weighted by molar-refractivity contribution is 6.30. The van der Waals surface area contributed by atoms with Gasteiger partial charge in [-0.15, -0.1) is 0 Å². The number of benzene rings is 2. The molecule has 0 spiro atoms. The number of H-pyrrole nitrogens is 1. The third-order valence-corrected chi connectivity index (χ3v) is 6.92. The number of hydrogen-bond donors (Lipinski definition) is 2. The van der Waals surface area contributed by atoms with E-state index in [0.29, 0.717) is 53.0 Å². The Bertz CT molecular complexity index is 1280. The lowest BCUT2D eigenvalue weighted by atomic mass is 10.1. The molecule has 0 aliphatic carbocycles. The van der Waals surface area contributed by atoms with Crippen LogP contribution in [0.15, 0.2) is 47.3 Å². The Hall–Kier alpha value is -3.23. The molecule has 1 unspecified atom stereocenters. The van der Waals surface area contributed by atoms with Gasteiger partial charge in [0.2, 0.25) is 0 Å². The second-order valence-electron chi connectivity index (χ2n) is 8.95. The largest absolute Gasteiger partial charge is 0.486 e. The number of anilines is 1. The number of rotatable bonds is 6. The number of nitrogens with zero attached hydrogens (tertiary/aromatic N) is 2. The molecule has 35 heavy (non-hydrogen) atoms. The Morgan fingerprint density at radius 3 is 2.66 bits per heavy atom. The number of pyridine rings is 1. The Labute approximate surface area is 208 Å². The van der Waals surface area contributed by atoms with Gasteiger partial charge < -0.3 is 24.7 Å². The van der Waals surface area contributed by atoms with Crippen LogP contribution in [0.2, 0.25) is 5.02 Å². The van der Waals surface area contributed by atoms with Gasteiger partial charge in [0.15, 0.2) is 11.5 Å². The summed E-state index contributed by atoms with van der Waals surface area (Å²) in [5.41, 5.74) is 1.62. The number of aromatic amines is 1. The third-order valence-electron chi connectivity index (χ3n) is 6.66. The molecule has 2 N–H and O–H groups in total. The van der Waals surface area contributed by atoms with Crippen molar-refractivity contribution < 1.29 is 14.3 Å². The fourth-order valence-corrected chi connectivity index (χ4v) is 4.96. The molecule has 3 aromatic rings. The monoisotopic (exact) mass is 496 g/mol. The predicted octanol–water partition coefficient (Wildman–Crippen LogP) is 4.47. The first kappa shape index (κ1) is 23.5. The highest BCUT2D eigenvalue weighted by Crippen LogP contribution is 2.33. The summed E-state index contributed by atoms with van der Waals surface area (Å²) in [6, 6.07) is 12.5. The minimum atomic E-state index is -0.253. The summed E-state index contributed by atoms with van der Waals surface area (Å²) in [6.45, 7) is 5.78. The van der Waals surface area contributed by atoms with Crippen LogP contribution in [-0.2, 0) is 6.54 Å². The fourth-order valence-electron chi connectivity index (χ4n) is 4.84. The van der Waals surface area contributed by atoms with Gasteiger partial charge in [-0.25, -0.2) is 4.79 Å². The maximum absolute atomic E-state index is 13.4. The van der Waals surface area contributed by atoms with Gasteiger partial charge in [-0.2, -0.15) is 0 Å². The van der Waals surface area contributed by atoms with Crippen LogP contribution in [0.25, 0.3) is 10.9 Å². The standard InChI is InChI=1S/C26H29ClN4O4/c1-2-30-9-3-4-21(30)16-31(26(33)28-20-7-5-19(27)6-8-20)15-18-12-17-13-23-24(35-11-10-34-23)14-22(17)29-25(18)32/h5-8,12-14,21H,2-4,9-11,15-16H2,1H3,(H,28,33)(H,29,32). The molecule has 0 radical (unpaired) electrons. The molecule has 1 atom stereocenters. The van der Waals surface area contributed by atoms with Gasteiger partial charge in [0, 0.05) is 40.3 Å². The molecule has 8 nitrogen and oxygen atoms in total. The molecule has 1 aromatic heterocycles. The van der Waals surface area contributed by atoms with E-state index in [1.807, 2.05) is 12.1 Å². The molecular formula is C26H29ClN4O4.